The molecule has 0 radical (unpaired) electrons. The molecule has 1 fully saturated rings. The van der Waals surface area contributed by atoms with Crippen LogP contribution in [0, 0.1) is 5.92 Å². The minimum Gasteiger partial charge on any atom is -0.369 e. The number of aromatic nitrogens is 1. The summed E-state index contributed by atoms with van der Waals surface area (Å²) in [7, 11) is 0. The van der Waals surface area contributed by atoms with Gasteiger partial charge >= 0.3 is 0 Å². The molecule has 0 aliphatic carbocycles. The highest BCUT2D eigenvalue weighted by Gasteiger charge is 2.26. The molecule has 0 atom stereocenters. The Morgan fingerprint density at radius 2 is 2.04 bits per heavy atom. The number of piperidine rings is 1. The van der Waals surface area contributed by atoms with E-state index in [1.54, 1.807) is 21.7 Å². The summed E-state index contributed by atoms with van der Waals surface area (Å²) in [5.74, 6) is -0.661. The first-order valence-electron chi connectivity index (χ1n) is 7.88. The number of carbonyl (C=O) groups is 3. The lowest BCUT2D eigenvalue weighted by molar-refractivity contribution is -0.134. The fourth-order valence-corrected chi connectivity index (χ4v) is 4.03. The molecule has 1 aliphatic rings. The van der Waals surface area contributed by atoms with Gasteiger partial charge in [-0.05, 0) is 24.3 Å². The summed E-state index contributed by atoms with van der Waals surface area (Å²) in [4.78, 5) is 41.6. The zero-order valence-corrected chi connectivity index (χ0v) is 15.1. The van der Waals surface area contributed by atoms with E-state index in [1.807, 2.05) is 5.38 Å². The SMILES string of the molecule is NC(=O)C1CCN(C(=O)Cc2csc(NC(=O)c3ccsc3)n2)CC1. The van der Waals surface area contributed by atoms with Gasteiger partial charge in [-0.1, -0.05) is 0 Å². The summed E-state index contributed by atoms with van der Waals surface area (Å²) in [5.41, 5.74) is 6.53. The Morgan fingerprint density at radius 1 is 1.28 bits per heavy atom. The summed E-state index contributed by atoms with van der Waals surface area (Å²) >= 11 is 2.75. The van der Waals surface area contributed by atoms with E-state index in [0.717, 1.165) is 0 Å². The van der Waals surface area contributed by atoms with Crippen LogP contribution in [0.25, 0.3) is 0 Å². The topological polar surface area (TPSA) is 105 Å². The summed E-state index contributed by atoms with van der Waals surface area (Å²) in [6.07, 6.45) is 1.41. The first-order chi connectivity index (χ1) is 12.0. The zero-order valence-electron chi connectivity index (χ0n) is 13.4. The Hall–Kier alpha value is -2.26. The van der Waals surface area contributed by atoms with Crippen LogP contribution in [0.4, 0.5) is 5.13 Å². The first kappa shape index (κ1) is 17.6. The van der Waals surface area contributed by atoms with Crippen LogP contribution in [-0.4, -0.2) is 40.7 Å². The third-order valence-electron chi connectivity index (χ3n) is 4.14. The van der Waals surface area contributed by atoms with Crippen LogP contribution in [0.15, 0.2) is 22.2 Å². The van der Waals surface area contributed by atoms with E-state index in [9.17, 15) is 14.4 Å². The molecule has 2 aromatic heterocycles. The van der Waals surface area contributed by atoms with Gasteiger partial charge in [0, 0.05) is 29.8 Å². The molecule has 2 aromatic rings. The van der Waals surface area contributed by atoms with Crippen molar-refractivity contribution in [3.63, 3.8) is 0 Å². The monoisotopic (exact) mass is 378 g/mol. The molecule has 1 aliphatic heterocycles. The normalized spacial score (nSPS) is 15.1. The Morgan fingerprint density at radius 3 is 2.68 bits per heavy atom. The van der Waals surface area contributed by atoms with E-state index in [0.29, 0.717) is 42.3 Å². The number of hydrogen-bond donors (Lipinski definition) is 2. The van der Waals surface area contributed by atoms with E-state index < -0.39 is 0 Å². The van der Waals surface area contributed by atoms with E-state index in [1.165, 1.54) is 22.7 Å². The number of amides is 3. The molecular weight excluding hydrogens is 360 g/mol. The van der Waals surface area contributed by atoms with Crippen LogP contribution in [0.2, 0.25) is 0 Å². The highest BCUT2D eigenvalue weighted by molar-refractivity contribution is 7.14. The van der Waals surface area contributed by atoms with Crippen molar-refractivity contribution in [1.82, 2.24) is 9.88 Å². The second-order valence-electron chi connectivity index (χ2n) is 5.84. The molecule has 0 saturated carbocycles. The van der Waals surface area contributed by atoms with Gasteiger partial charge in [0.2, 0.25) is 11.8 Å². The number of primary amides is 1. The van der Waals surface area contributed by atoms with Crippen LogP contribution in [0.3, 0.4) is 0 Å². The quantitative estimate of drug-likeness (QED) is 0.826. The molecular formula is C16H18N4O3S2. The molecule has 0 unspecified atom stereocenters. The number of thiazole rings is 1. The van der Waals surface area contributed by atoms with E-state index >= 15 is 0 Å². The molecule has 0 aromatic carbocycles. The molecule has 3 rings (SSSR count). The maximum absolute atomic E-state index is 12.4. The molecule has 9 heteroatoms. The Balaban J connectivity index is 1.52. The van der Waals surface area contributed by atoms with Gasteiger partial charge in [0.1, 0.15) is 0 Å². The lowest BCUT2D eigenvalue weighted by Gasteiger charge is -2.30. The summed E-state index contributed by atoms with van der Waals surface area (Å²) in [6, 6.07) is 1.74. The number of likely N-dealkylation sites (tertiary alicyclic amines) is 1. The lowest BCUT2D eigenvalue weighted by Crippen LogP contribution is -2.42. The summed E-state index contributed by atoms with van der Waals surface area (Å²) < 4.78 is 0. The summed E-state index contributed by atoms with van der Waals surface area (Å²) in [5, 5.41) is 8.59. The number of hydrogen-bond acceptors (Lipinski definition) is 6. The Bertz CT molecular complexity index is 764. The number of thiophene rings is 1. The largest absolute Gasteiger partial charge is 0.369 e. The third kappa shape index (κ3) is 4.43. The van der Waals surface area contributed by atoms with Gasteiger partial charge in [-0.15, -0.1) is 11.3 Å². The predicted molar refractivity (Wildman–Crippen MR) is 96.6 cm³/mol. The number of carbonyl (C=O) groups excluding carboxylic acids is 3. The highest BCUT2D eigenvalue weighted by Crippen LogP contribution is 2.20. The maximum atomic E-state index is 12.4. The van der Waals surface area contributed by atoms with Crippen molar-refractivity contribution in [2.45, 2.75) is 19.3 Å². The number of anilines is 1. The van der Waals surface area contributed by atoms with Crippen molar-refractivity contribution in [2.24, 2.45) is 11.7 Å². The second-order valence-corrected chi connectivity index (χ2v) is 7.48. The molecule has 0 bridgehead atoms. The standard InChI is InChI=1S/C16H18N4O3S2/c17-14(22)10-1-4-20(5-2-10)13(21)7-12-9-25-16(18-12)19-15(23)11-3-6-24-8-11/h3,6,8-10H,1-2,4-5,7H2,(H2,17,22)(H,18,19,23). The predicted octanol–water partition coefficient (Wildman–Crippen LogP) is 1.72. The van der Waals surface area contributed by atoms with E-state index in [-0.39, 0.29) is 30.1 Å². The molecule has 1 saturated heterocycles. The molecule has 25 heavy (non-hydrogen) atoms. The van der Waals surface area contributed by atoms with Crippen molar-refractivity contribution in [3.8, 4) is 0 Å². The van der Waals surface area contributed by atoms with Crippen LogP contribution in [0.1, 0.15) is 28.9 Å². The molecule has 0 spiro atoms. The van der Waals surface area contributed by atoms with Gasteiger partial charge in [0.05, 0.1) is 17.7 Å². The number of rotatable bonds is 5. The fourth-order valence-electron chi connectivity index (χ4n) is 2.69. The van der Waals surface area contributed by atoms with Gasteiger partial charge in [0.15, 0.2) is 5.13 Å². The van der Waals surface area contributed by atoms with Gasteiger partial charge in [-0.2, -0.15) is 11.3 Å². The van der Waals surface area contributed by atoms with Crippen molar-refractivity contribution >= 4 is 45.5 Å². The van der Waals surface area contributed by atoms with Gasteiger partial charge in [-0.25, -0.2) is 4.98 Å². The van der Waals surface area contributed by atoms with Crippen molar-refractivity contribution < 1.29 is 14.4 Å². The van der Waals surface area contributed by atoms with Gasteiger partial charge < -0.3 is 10.6 Å². The summed E-state index contributed by atoms with van der Waals surface area (Å²) in [6.45, 7) is 1.08. The van der Waals surface area contributed by atoms with Crippen LogP contribution >= 0.6 is 22.7 Å². The third-order valence-corrected chi connectivity index (χ3v) is 5.63. The smallest absolute Gasteiger partial charge is 0.258 e. The van der Waals surface area contributed by atoms with Crippen LogP contribution in [0.5, 0.6) is 0 Å². The molecule has 3 amide bonds. The average molecular weight is 378 g/mol. The average Bonchev–Trinajstić information content (AvgIpc) is 3.27. The number of nitrogens with two attached hydrogens (primary N) is 1. The van der Waals surface area contributed by atoms with Crippen molar-refractivity contribution in [2.75, 3.05) is 18.4 Å². The first-order valence-corrected chi connectivity index (χ1v) is 9.70. The number of nitrogens with zero attached hydrogens (tertiary/aromatic N) is 2. The van der Waals surface area contributed by atoms with Gasteiger partial charge in [-0.3, -0.25) is 19.7 Å². The fraction of sp³-hybridized carbons (Fsp3) is 0.375. The molecule has 7 nitrogen and oxygen atoms in total. The number of nitrogens with one attached hydrogen (secondary N) is 1. The minimum absolute atomic E-state index is 0.0241. The molecule has 132 valence electrons. The van der Waals surface area contributed by atoms with E-state index in [2.05, 4.69) is 10.3 Å². The van der Waals surface area contributed by atoms with Crippen LogP contribution < -0.4 is 11.1 Å². The van der Waals surface area contributed by atoms with E-state index in [4.69, 9.17) is 5.73 Å². The minimum atomic E-state index is -0.294. The Kier molecular flexibility index (Phi) is 5.44. The van der Waals surface area contributed by atoms with Crippen molar-refractivity contribution in [1.29, 1.82) is 0 Å². The van der Waals surface area contributed by atoms with Crippen LogP contribution in [-0.2, 0) is 16.0 Å². The highest BCUT2D eigenvalue weighted by atomic mass is 32.1. The molecule has 3 N–H and O–H groups in total. The van der Waals surface area contributed by atoms with Crippen molar-refractivity contribution in [3.05, 3.63) is 33.5 Å². The Labute approximate surface area is 152 Å². The zero-order chi connectivity index (χ0) is 17.8. The van der Waals surface area contributed by atoms with Gasteiger partial charge in [0.25, 0.3) is 5.91 Å². The lowest BCUT2D eigenvalue weighted by atomic mass is 9.96. The second kappa shape index (κ2) is 7.75. The molecule has 3 heterocycles. The maximum Gasteiger partial charge on any atom is 0.258 e.